The van der Waals surface area contributed by atoms with Gasteiger partial charge in [-0.15, -0.1) is 0 Å². The van der Waals surface area contributed by atoms with E-state index in [9.17, 15) is 0 Å². The van der Waals surface area contributed by atoms with Crippen LogP contribution in [0.3, 0.4) is 0 Å². The van der Waals surface area contributed by atoms with Crippen LogP contribution in [0.2, 0.25) is 0 Å². The Morgan fingerprint density at radius 3 is 2.71 bits per heavy atom. The normalized spacial score (nSPS) is 12.8. The molecule has 110 valence electrons. The van der Waals surface area contributed by atoms with Gasteiger partial charge in [-0.1, -0.05) is 36.4 Å². The van der Waals surface area contributed by atoms with Crippen LogP contribution >= 0.6 is 0 Å². The van der Waals surface area contributed by atoms with E-state index >= 15 is 0 Å². The number of hydrogen-bond acceptors (Lipinski definition) is 4. The van der Waals surface area contributed by atoms with Gasteiger partial charge >= 0.3 is 0 Å². The summed E-state index contributed by atoms with van der Waals surface area (Å²) in [6.45, 7) is 0. The van der Waals surface area contributed by atoms with E-state index in [1.165, 1.54) is 0 Å². The van der Waals surface area contributed by atoms with Gasteiger partial charge in [0.15, 0.2) is 0 Å². The summed E-state index contributed by atoms with van der Waals surface area (Å²) < 4.78 is 0. The molecule has 0 radical (unpaired) electrons. The van der Waals surface area contributed by atoms with Gasteiger partial charge in [0, 0.05) is 33.1 Å². The summed E-state index contributed by atoms with van der Waals surface area (Å²) in [6.07, 6.45) is 3.45. The Labute approximate surface area is 136 Å². The standard InChI is InChI=1S/C20H10N4/c1-4-8-15-11(5-1)16-18-13(9-21-10-22-18)19-17(20(16)24-15)12-6-2-3-7-14(12)23-19/h1-10H. The first-order valence-electron chi connectivity index (χ1n) is 7.84. The van der Waals surface area contributed by atoms with E-state index in [4.69, 9.17) is 9.98 Å². The van der Waals surface area contributed by atoms with E-state index in [1.807, 2.05) is 42.6 Å². The molecule has 0 fully saturated rings. The van der Waals surface area contributed by atoms with Gasteiger partial charge < -0.3 is 0 Å². The predicted molar refractivity (Wildman–Crippen MR) is 90.7 cm³/mol. The first-order valence-corrected chi connectivity index (χ1v) is 7.84. The molecule has 0 saturated heterocycles. The third kappa shape index (κ3) is 1.34. The topological polar surface area (TPSA) is 50.5 Å². The maximum absolute atomic E-state index is 4.92. The Balaban J connectivity index is 2.02. The molecule has 1 aromatic heterocycles. The fraction of sp³-hybridized carbons (Fsp3) is 0. The van der Waals surface area contributed by atoms with Gasteiger partial charge in [-0.25, -0.2) is 20.0 Å². The van der Waals surface area contributed by atoms with Crippen molar-refractivity contribution in [2.45, 2.75) is 0 Å². The lowest BCUT2D eigenvalue weighted by Gasteiger charge is -2.05. The Hall–Kier alpha value is -3.40. The van der Waals surface area contributed by atoms with Crippen molar-refractivity contribution >= 4 is 22.3 Å². The summed E-state index contributed by atoms with van der Waals surface area (Å²) in [4.78, 5) is 18.6. The summed E-state index contributed by atoms with van der Waals surface area (Å²) in [5.41, 5.74) is 5.06. The van der Waals surface area contributed by atoms with Crippen LogP contribution < -0.4 is 10.7 Å². The Kier molecular flexibility index (Phi) is 2.07. The molecule has 0 unspecified atom stereocenters. The second-order valence-electron chi connectivity index (χ2n) is 5.99. The minimum atomic E-state index is 0.920. The van der Waals surface area contributed by atoms with E-state index in [1.54, 1.807) is 6.33 Å². The van der Waals surface area contributed by atoms with Crippen molar-refractivity contribution in [3.8, 4) is 11.1 Å². The predicted octanol–water partition coefficient (Wildman–Crippen LogP) is 3.11. The summed E-state index contributed by atoms with van der Waals surface area (Å²) in [7, 11) is 0. The molecule has 3 heterocycles. The van der Waals surface area contributed by atoms with Crippen molar-refractivity contribution < 1.29 is 0 Å². The number of rotatable bonds is 0. The summed E-state index contributed by atoms with van der Waals surface area (Å²) >= 11 is 0. The average Bonchev–Trinajstić information content (AvgIpc) is 3.20. The van der Waals surface area contributed by atoms with Gasteiger partial charge in [-0.05, 0) is 12.1 Å². The van der Waals surface area contributed by atoms with Crippen molar-refractivity contribution in [3.63, 3.8) is 0 Å². The minimum Gasteiger partial charge on any atom is -0.247 e. The molecule has 2 aliphatic heterocycles. The molecule has 4 heteroatoms. The molecular weight excluding hydrogens is 296 g/mol. The lowest BCUT2D eigenvalue weighted by Crippen LogP contribution is -2.07. The molecule has 24 heavy (non-hydrogen) atoms. The molecule has 0 N–H and O–H groups in total. The van der Waals surface area contributed by atoms with Gasteiger partial charge in [0.05, 0.1) is 27.6 Å². The van der Waals surface area contributed by atoms with Crippen molar-refractivity contribution in [3.05, 3.63) is 82.2 Å². The molecule has 2 aliphatic rings. The second-order valence-corrected chi connectivity index (χ2v) is 5.99. The zero-order chi connectivity index (χ0) is 15.7. The quantitative estimate of drug-likeness (QED) is 0.433. The molecule has 6 rings (SSSR count). The van der Waals surface area contributed by atoms with Crippen LogP contribution in [-0.2, 0) is 0 Å². The van der Waals surface area contributed by atoms with E-state index in [0.29, 0.717) is 0 Å². The fourth-order valence-corrected chi connectivity index (χ4v) is 3.73. The largest absolute Gasteiger partial charge is 0.247 e. The first kappa shape index (κ1) is 12.1. The lowest BCUT2D eigenvalue weighted by molar-refractivity contribution is 1.21. The Morgan fingerprint density at radius 2 is 1.71 bits per heavy atom. The molecule has 0 bridgehead atoms. The summed E-state index contributed by atoms with van der Waals surface area (Å²) in [5.74, 6) is 0. The molecule has 0 saturated carbocycles. The minimum absolute atomic E-state index is 0.920. The number of para-hydroxylation sites is 2. The zero-order valence-electron chi connectivity index (χ0n) is 12.6. The molecule has 0 spiro atoms. The Morgan fingerprint density at radius 1 is 0.833 bits per heavy atom. The van der Waals surface area contributed by atoms with Gasteiger partial charge in [0.2, 0.25) is 0 Å². The molecule has 0 amide bonds. The monoisotopic (exact) mass is 306 g/mol. The zero-order valence-corrected chi connectivity index (χ0v) is 12.6. The van der Waals surface area contributed by atoms with E-state index in [2.05, 4.69) is 22.1 Å². The van der Waals surface area contributed by atoms with Crippen molar-refractivity contribution in [2.24, 2.45) is 9.98 Å². The smallest absolute Gasteiger partial charge is 0.116 e. The fourth-order valence-electron chi connectivity index (χ4n) is 3.73. The van der Waals surface area contributed by atoms with Crippen LogP contribution in [0.15, 0.2) is 71.0 Å². The number of nitrogens with zero attached hydrogens (tertiary/aromatic N) is 4. The summed E-state index contributed by atoms with van der Waals surface area (Å²) in [5, 5.41) is 5.17. The van der Waals surface area contributed by atoms with Crippen LogP contribution in [0.5, 0.6) is 0 Å². The third-order valence-corrected chi connectivity index (χ3v) is 4.73. The first-order chi connectivity index (χ1) is 11.9. The van der Waals surface area contributed by atoms with Crippen LogP contribution in [0.1, 0.15) is 0 Å². The second kappa shape index (κ2) is 4.11. The Bertz CT molecular complexity index is 1400. The number of benzene rings is 3. The number of aromatic nitrogens is 2. The highest BCUT2D eigenvalue weighted by Crippen LogP contribution is 2.39. The highest BCUT2D eigenvalue weighted by atomic mass is 14.9. The third-order valence-electron chi connectivity index (χ3n) is 4.73. The summed E-state index contributed by atoms with van der Waals surface area (Å²) in [6, 6.07) is 16.4. The molecule has 4 aromatic rings. The van der Waals surface area contributed by atoms with Crippen LogP contribution in [-0.4, -0.2) is 9.97 Å². The highest BCUT2D eigenvalue weighted by molar-refractivity contribution is 6.03. The van der Waals surface area contributed by atoms with Crippen LogP contribution in [0.4, 0.5) is 11.4 Å². The lowest BCUT2D eigenvalue weighted by atomic mass is 10.00. The number of fused-ring (bicyclic) bond motifs is 9. The van der Waals surface area contributed by atoms with Crippen molar-refractivity contribution in [2.75, 3.05) is 0 Å². The van der Waals surface area contributed by atoms with E-state index < -0.39 is 0 Å². The molecule has 0 atom stereocenters. The van der Waals surface area contributed by atoms with Crippen molar-refractivity contribution in [1.82, 2.24) is 9.97 Å². The van der Waals surface area contributed by atoms with Crippen molar-refractivity contribution in [1.29, 1.82) is 0 Å². The van der Waals surface area contributed by atoms with E-state index in [-0.39, 0.29) is 0 Å². The molecule has 3 aromatic carbocycles. The number of hydrogen-bond donors (Lipinski definition) is 0. The van der Waals surface area contributed by atoms with Crippen LogP contribution in [0, 0.1) is 10.4 Å². The highest BCUT2D eigenvalue weighted by Gasteiger charge is 2.23. The molecular formula is C20H10N4. The maximum atomic E-state index is 4.92. The van der Waals surface area contributed by atoms with Crippen LogP contribution in [0.25, 0.3) is 22.0 Å². The molecule has 0 aliphatic carbocycles. The van der Waals surface area contributed by atoms with Gasteiger partial charge in [-0.2, -0.15) is 0 Å². The average molecular weight is 306 g/mol. The SMILES string of the molecule is c1ccc2c(c1)N=c1c-2c2ncncc2c2c1=c1ccccc1=N2. The molecule has 4 nitrogen and oxygen atoms in total. The van der Waals surface area contributed by atoms with E-state index in [0.717, 1.165) is 54.6 Å². The van der Waals surface area contributed by atoms with Gasteiger partial charge in [0.1, 0.15) is 6.33 Å². The van der Waals surface area contributed by atoms with Gasteiger partial charge in [0.25, 0.3) is 0 Å². The maximum Gasteiger partial charge on any atom is 0.116 e. The van der Waals surface area contributed by atoms with Gasteiger partial charge in [-0.3, -0.25) is 0 Å².